The lowest BCUT2D eigenvalue weighted by Gasteiger charge is -2.23. The summed E-state index contributed by atoms with van der Waals surface area (Å²) < 4.78 is 5.39. The molecule has 6 nitrogen and oxygen atoms in total. The minimum absolute atomic E-state index is 0.103. The van der Waals surface area contributed by atoms with E-state index in [0.29, 0.717) is 19.6 Å². The minimum atomic E-state index is -0.872. The summed E-state index contributed by atoms with van der Waals surface area (Å²) in [6.45, 7) is 4.08. The van der Waals surface area contributed by atoms with Crippen molar-refractivity contribution in [2.75, 3.05) is 26.2 Å². The molecule has 0 aromatic rings. The summed E-state index contributed by atoms with van der Waals surface area (Å²) in [6, 6.07) is 0. The summed E-state index contributed by atoms with van der Waals surface area (Å²) in [4.78, 5) is 22.3. The van der Waals surface area contributed by atoms with Crippen molar-refractivity contribution in [3.05, 3.63) is 0 Å². The van der Waals surface area contributed by atoms with Crippen LogP contribution in [0.15, 0.2) is 0 Å². The topological polar surface area (TPSA) is 87.7 Å². The number of hydrogen-bond donors (Lipinski definition) is 3. The third kappa shape index (κ3) is 5.14. The first-order chi connectivity index (χ1) is 8.13. The van der Waals surface area contributed by atoms with Crippen molar-refractivity contribution in [2.24, 2.45) is 5.92 Å². The molecule has 3 N–H and O–H groups in total. The average Bonchev–Trinajstić information content (AvgIpc) is 2.30. The average molecular weight is 244 g/mol. The Labute approximate surface area is 101 Å². The Hall–Kier alpha value is -1.14. The molecular formula is C11H20N2O4. The lowest BCUT2D eigenvalue weighted by atomic mass is 10.1. The first kappa shape index (κ1) is 13.9. The molecule has 1 aliphatic heterocycles. The highest BCUT2D eigenvalue weighted by Gasteiger charge is 2.19. The Balaban J connectivity index is 2.21. The number of amides is 1. The van der Waals surface area contributed by atoms with Crippen molar-refractivity contribution < 1.29 is 19.4 Å². The number of rotatable bonds is 6. The smallest absolute Gasteiger partial charge is 0.308 e. The van der Waals surface area contributed by atoms with Crippen molar-refractivity contribution >= 4 is 11.9 Å². The molecule has 1 heterocycles. The van der Waals surface area contributed by atoms with Crippen molar-refractivity contribution in [3.8, 4) is 0 Å². The van der Waals surface area contributed by atoms with Gasteiger partial charge in [-0.25, -0.2) is 0 Å². The maximum absolute atomic E-state index is 11.5. The Morgan fingerprint density at radius 3 is 2.88 bits per heavy atom. The molecule has 0 spiro atoms. The van der Waals surface area contributed by atoms with Crippen LogP contribution in [-0.2, 0) is 14.3 Å². The highest BCUT2D eigenvalue weighted by atomic mass is 16.5. The van der Waals surface area contributed by atoms with Gasteiger partial charge in [0.15, 0.2) is 0 Å². The molecule has 17 heavy (non-hydrogen) atoms. The Bertz CT molecular complexity index is 264. The van der Waals surface area contributed by atoms with Gasteiger partial charge in [0.1, 0.15) is 0 Å². The molecule has 6 heteroatoms. The second-order valence-corrected chi connectivity index (χ2v) is 4.15. The van der Waals surface area contributed by atoms with Crippen LogP contribution in [0.1, 0.15) is 19.8 Å². The van der Waals surface area contributed by atoms with Crippen molar-refractivity contribution in [1.82, 2.24) is 10.6 Å². The molecule has 2 atom stereocenters. The van der Waals surface area contributed by atoms with Gasteiger partial charge in [0.05, 0.1) is 25.0 Å². The molecule has 0 aromatic carbocycles. The van der Waals surface area contributed by atoms with Gasteiger partial charge in [-0.3, -0.25) is 9.59 Å². The van der Waals surface area contributed by atoms with Crippen LogP contribution in [0.25, 0.3) is 0 Å². The molecule has 1 amide bonds. The lowest BCUT2D eigenvalue weighted by molar-refractivity contribution is -0.141. The molecular weight excluding hydrogens is 224 g/mol. The van der Waals surface area contributed by atoms with E-state index >= 15 is 0 Å². The quantitative estimate of drug-likeness (QED) is 0.591. The highest BCUT2D eigenvalue weighted by molar-refractivity contribution is 5.77. The van der Waals surface area contributed by atoms with Gasteiger partial charge in [-0.05, 0) is 6.42 Å². The van der Waals surface area contributed by atoms with Gasteiger partial charge in [0, 0.05) is 19.6 Å². The van der Waals surface area contributed by atoms with E-state index in [2.05, 4.69) is 10.6 Å². The number of nitrogens with one attached hydrogen (secondary N) is 2. The number of carbonyl (C=O) groups excluding carboxylic acids is 1. The van der Waals surface area contributed by atoms with Crippen LogP contribution in [-0.4, -0.2) is 49.3 Å². The van der Waals surface area contributed by atoms with Gasteiger partial charge in [0.2, 0.25) is 5.91 Å². The van der Waals surface area contributed by atoms with Crippen LogP contribution in [0.2, 0.25) is 0 Å². The van der Waals surface area contributed by atoms with Crippen LogP contribution in [0.4, 0.5) is 0 Å². The third-order valence-corrected chi connectivity index (χ3v) is 2.81. The fourth-order valence-electron chi connectivity index (χ4n) is 1.67. The number of hydrogen-bond acceptors (Lipinski definition) is 4. The summed E-state index contributed by atoms with van der Waals surface area (Å²) >= 11 is 0. The Kier molecular flexibility index (Phi) is 5.93. The molecule has 0 radical (unpaired) electrons. The summed E-state index contributed by atoms with van der Waals surface area (Å²) in [5, 5.41) is 14.6. The number of carboxylic acids is 1. The summed E-state index contributed by atoms with van der Waals surface area (Å²) in [6.07, 6.45) is 0.689. The van der Waals surface area contributed by atoms with Crippen LogP contribution < -0.4 is 10.6 Å². The van der Waals surface area contributed by atoms with Crippen molar-refractivity contribution in [2.45, 2.75) is 25.9 Å². The molecule has 1 saturated heterocycles. The Morgan fingerprint density at radius 2 is 2.35 bits per heavy atom. The largest absolute Gasteiger partial charge is 0.481 e. The van der Waals surface area contributed by atoms with E-state index in [1.807, 2.05) is 0 Å². The summed E-state index contributed by atoms with van der Waals surface area (Å²) in [5.74, 6) is -1.54. The van der Waals surface area contributed by atoms with Crippen LogP contribution in [0.5, 0.6) is 0 Å². The van der Waals surface area contributed by atoms with Gasteiger partial charge in [0.25, 0.3) is 0 Å². The molecule has 1 aliphatic rings. The van der Waals surface area contributed by atoms with E-state index < -0.39 is 11.9 Å². The van der Waals surface area contributed by atoms with Gasteiger partial charge in [-0.2, -0.15) is 0 Å². The first-order valence-corrected chi connectivity index (χ1v) is 5.95. The molecule has 2 unspecified atom stereocenters. The number of carbonyl (C=O) groups is 2. The summed E-state index contributed by atoms with van der Waals surface area (Å²) in [7, 11) is 0. The second kappa shape index (κ2) is 7.24. The first-order valence-electron chi connectivity index (χ1n) is 5.95. The summed E-state index contributed by atoms with van der Waals surface area (Å²) in [5.41, 5.74) is 0. The highest BCUT2D eigenvalue weighted by Crippen LogP contribution is 2.03. The standard InChI is InChI=1S/C11H20N2O4/c1-2-8(11(15)16)6-13-10(14)5-9-7-12-3-4-17-9/h8-9,12H,2-7H2,1H3,(H,13,14)(H,15,16). The Morgan fingerprint density at radius 1 is 1.59 bits per heavy atom. The van der Waals surface area contributed by atoms with E-state index in [0.717, 1.165) is 6.54 Å². The van der Waals surface area contributed by atoms with E-state index in [1.165, 1.54) is 0 Å². The van der Waals surface area contributed by atoms with E-state index in [-0.39, 0.29) is 25.0 Å². The number of ether oxygens (including phenoxy) is 1. The third-order valence-electron chi connectivity index (χ3n) is 2.81. The zero-order chi connectivity index (χ0) is 12.7. The SMILES string of the molecule is CCC(CNC(=O)CC1CNCCO1)C(=O)O. The van der Waals surface area contributed by atoms with Gasteiger partial charge in [-0.15, -0.1) is 0 Å². The number of morpholine rings is 1. The lowest BCUT2D eigenvalue weighted by Crippen LogP contribution is -2.42. The fraction of sp³-hybridized carbons (Fsp3) is 0.818. The fourth-order valence-corrected chi connectivity index (χ4v) is 1.67. The maximum Gasteiger partial charge on any atom is 0.308 e. The number of carboxylic acid groups (broad SMARTS) is 1. The molecule has 98 valence electrons. The molecule has 1 rings (SSSR count). The van der Waals surface area contributed by atoms with Gasteiger partial charge < -0.3 is 20.5 Å². The molecule has 0 aliphatic carbocycles. The zero-order valence-electron chi connectivity index (χ0n) is 10.1. The normalized spacial score (nSPS) is 21.8. The predicted octanol–water partition coefficient (Wildman–Crippen LogP) is -0.408. The monoisotopic (exact) mass is 244 g/mol. The van der Waals surface area contributed by atoms with Crippen LogP contribution >= 0.6 is 0 Å². The van der Waals surface area contributed by atoms with E-state index in [9.17, 15) is 9.59 Å². The molecule has 0 saturated carbocycles. The number of aliphatic carboxylic acids is 1. The van der Waals surface area contributed by atoms with Crippen molar-refractivity contribution in [1.29, 1.82) is 0 Å². The molecule has 0 aromatic heterocycles. The van der Waals surface area contributed by atoms with Crippen molar-refractivity contribution in [3.63, 3.8) is 0 Å². The van der Waals surface area contributed by atoms with E-state index in [4.69, 9.17) is 9.84 Å². The zero-order valence-corrected chi connectivity index (χ0v) is 10.1. The second-order valence-electron chi connectivity index (χ2n) is 4.15. The van der Waals surface area contributed by atoms with E-state index in [1.54, 1.807) is 6.92 Å². The van der Waals surface area contributed by atoms with Gasteiger partial charge >= 0.3 is 5.97 Å². The predicted molar refractivity (Wildman–Crippen MR) is 61.7 cm³/mol. The van der Waals surface area contributed by atoms with Gasteiger partial charge in [-0.1, -0.05) is 6.92 Å². The molecule has 1 fully saturated rings. The minimum Gasteiger partial charge on any atom is -0.481 e. The van der Waals surface area contributed by atoms with Crippen LogP contribution in [0.3, 0.4) is 0 Å². The van der Waals surface area contributed by atoms with Crippen LogP contribution in [0, 0.1) is 5.92 Å². The molecule has 0 bridgehead atoms. The maximum atomic E-state index is 11.5.